The van der Waals surface area contributed by atoms with Crippen molar-refractivity contribution in [2.45, 2.75) is 39.1 Å². The predicted molar refractivity (Wildman–Crippen MR) is 59.2 cm³/mol. The van der Waals surface area contributed by atoms with Gasteiger partial charge in [0.15, 0.2) is 12.1 Å². The van der Waals surface area contributed by atoms with Crippen molar-refractivity contribution >= 4 is 5.78 Å². The van der Waals surface area contributed by atoms with Gasteiger partial charge in [-0.1, -0.05) is 0 Å². The molecule has 0 aromatic carbocycles. The summed E-state index contributed by atoms with van der Waals surface area (Å²) in [5.74, 6) is 0.0661. The van der Waals surface area contributed by atoms with Crippen LogP contribution in [-0.4, -0.2) is 23.7 Å². The van der Waals surface area contributed by atoms with E-state index in [9.17, 15) is 4.79 Å². The maximum Gasteiger partial charge on any atom is 0.161 e. The largest absolute Gasteiger partial charge is 0.362 e. The molecule has 1 aliphatic heterocycles. The zero-order valence-corrected chi connectivity index (χ0v) is 9.49. The number of carbonyl (C=O) groups excluding carboxylic acids is 1. The SMILES string of the molecule is CC(=O)c1c[nH]c(COC2CCCCO2)c1. The third-order valence-electron chi connectivity index (χ3n) is 2.71. The summed E-state index contributed by atoms with van der Waals surface area (Å²) in [5, 5.41) is 0. The molecule has 1 aliphatic rings. The molecule has 0 saturated carbocycles. The highest BCUT2D eigenvalue weighted by atomic mass is 16.7. The summed E-state index contributed by atoms with van der Waals surface area (Å²) >= 11 is 0. The second kappa shape index (κ2) is 5.27. The minimum absolute atomic E-state index is 0.0661. The Bertz CT molecular complexity index is 353. The van der Waals surface area contributed by atoms with Crippen molar-refractivity contribution in [3.8, 4) is 0 Å². The molecule has 2 rings (SSSR count). The van der Waals surface area contributed by atoms with Crippen LogP contribution in [0.1, 0.15) is 42.2 Å². The van der Waals surface area contributed by atoms with Crippen LogP contribution < -0.4 is 0 Å². The Hall–Kier alpha value is -1.13. The lowest BCUT2D eigenvalue weighted by Gasteiger charge is -2.22. The van der Waals surface area contributed by atoms with Crippen LogP contribution in [-0.2, 0) is 16.1 Å². The molecule has 1 saturated heterocycles. The lowest BCUT2D eigenvalue weighted by atomic mass is 10.2. The Morgan fingerprint density at radius 3 is 3.12 bits per heavy atom. The van der Waals surface area contributed by atoms with E-state index in [1.165, 1.54) is 0 Å². The van der Waals surface area contributed by atoms with E-state index >= 15 is 0 Å². The maximum atomic E-state index is 11.1. The van der Waals surface area contributed by atoms with Crippen LogP contribution >= 0.6 is 0 Å². The Kier molecular flexibility index (Phi) is 3.74. The van der Waals surface area contributed by atoms with Crippen molar-refractivity contribution in [1.82, 2.24) is 4.98 Å². The van der Waals surface area contributed by atoms with Crippen LogP contribution in [0.4, 0.5) is 0 Å². The number of hydrogen-bond donors (Lipinski definition) is 1. The molecule has 16 heavy (non-hydrogen) atoms. The lowest BCUT2D eigenvalue weighted by Crippen LogP contribution is -2.22. The summed E-state index contributed by atoms with van der Waals surface area (Å²) in [5.41, 5.74) is 1.61. The number of Topliss-reactive ketones (excluding diaryl/α,β-unsaturated/α-hetero) is 1. The smallest absolute Gasteiger partial charge is 0.161 e. The van der Waals surface area contributed by atoms with Gasteiger partial charge in [0, 0.05) is 24.1 Å². The maximum absolute atomic E-state index is 11.1. The van der Waals surface area contributed by atoms with Gasteiger partial charge < -0.3 is 14.5 Å². The Balaban J connectivity index is 1.81. The fourth-order valence-corrected chi connectivity index (χ4v) is 1.75. The topological polar surface area (TPSA) is 51.3 Å². The number of hydrogen-bond acceptors (Lipinski definition) is 3. The normalized spacial score (nSPS) is 20.9. The average molecular weight is 223 g/mol. The van der Waals surface area contributed by atoms with Crippen molar-refractivity contribution in [1.29, 1.82) is 0 Å². The molecule has 0 spiro atoms. The highest BCUT2D eigenvalue weighted by Crippen LogP contribution is 2.15. The van der Waals surface area contributed by atoms with E-state index < -0.39 is 0 Å². The summed E-state index contributed by atoms with van der Waals surface area (Å²) in [4.78, 5) is 14.1. The molecule has 0 aliphatic carbocycles. The van der Waals surface area contributed by atoms with E-state index in [0.29, 0.717) is 12.2 Å². The highest BCUT2D eigenvalue weighted by Gasteiger charge is 2.14. The number of ether oxygens (including phenoxy) is 2. The van der Waals surface area contributed by atoms with E-state index in [4.69, 9.17) is 9.47 Å². The molecule has 1 N–H and O–H groups in total. The van der Waals surface area contributed by atoms with Crippen molar-refractivity contribution in [3.63, 3.8) is 0 Å². The standard InChI is InChI=1S/C12H17NO3/c1-9(14)10-6-11(13-7-10)8-16-12-4-2-3-5-15-12/h6-7,12-13H,2-5,8H2,1H3. The quantitative estimate of drug-likeness (QED) is 0.796. The molecule has 0 amide bonds. The molecule has 4 heteroatoms. The molecule has 2 heterocycles. The average Bonchev–Trinajstić information content (AvgIpc) is 2.76. The van der Waals surface area contributed by atoms with E-state index in [1.54, 1.807) is 13.1 Å². The summed E-state index contributed by atoms with van der Waals surface area (Å²) in [7, 11) is 0. The van der Waals surface area contributed by atoms with Gasteiger partial charge in [-0.15, -0.1) is 0 Å². The second-order valence-corrected chi connectivity index (χ2v) is 4.08. The number of ketones is 1. The molecule has 1 aromatic heterocycles. The molecule has 88 valence electrons. The first kappa shape index (κ1) is 11.4. The summed E-state index contributed by atoms with van der Waals surface area (Å²) in [6.45, 7) is 2.81. The van der Waals surface area contributed by atoms with Crippen molar-refractivity contribution < 1.29 is 14.3 Å². The third-order valence-corrected chi connectivity index (χ3v) is 2.71. The molecule has 1 atom stereocenters. The number of H-pyrrole nitrogens is 1. The van der Waals surface area contributed by atoms with Gasteiger partial charge in [0.2, 0.25) is 0 Å². The monoisotopic (exact) mass is 223 g/mol. The van der Waals surface area contributed by atoms with Gasteiger partial charge in [0.05, 0.1) is 6.61 Å². The molecule has 0 radical (unpaired) electrons. The summed E-state index contributed by atoms with van der Waals surface area (Å²) in [6, 6.07) is 1.82. The summed E-state index contributed by atoms with van der Waals surface area (Å²) in [6.07, 6.45) is 4.87. The predicted octanol–water partition coefficient (Wildman–Crippen LogP) is 2.26. The first-order valence-electron chi connectivity index (χ1n) is 5.67. The van der Waals surface area contributed by atoms with Crippen molar-refractivity contribution in [3.05, 3.63) is 23.5 Å². The molecular formula is C12H17NO3. The number of aromatic nitrogens is 1. The lowest BCUT2D eigenvalue weighted by molar-refractivity contribution is -0.169. The van der Waals surface area contributed by atoms with E-state index in [0.717, 1.165) is 31.6 Å². The molecular weight excluding hydrogens is 206 g/mol. The van der Waals surface area contributed by atoms with Crippen molar-refractivity contribution in [2.24, 2.45) is 0 Å². The first-order valence-corrected chi connectivity index (χ1v) is 5.67. The van der Waals surface area contributed by atoms with Crippen LogP contribution in [0.3, 0.4) is 0 Å². The number of aromatic amines is 1. The van der Waals surface area contributed by atoms with Gasteiger partial charge in [-0.25, -0.2) is 0 Å². The van der Waals surface area contributed by atoms with Crippen LogP contribution in [0.25, 0.3) is 0 Å². The van der Waals surface area contributed by atoms with Crippen LogP contribution in [0.2, 0.25) is 0 Å². The Morgan fingerprint density at radius 2 is 2.50 bits per heavy atom. The Morgan fingerprint density at radius 1 is 1.62 bits per heavy atom. The van der Waals surface area contributed by atoms with Crippen molar-refractivity contribution in [2.75, 3.05) is 6.61 Å². The third kappa shape index (κ3) is 2.93. The van der Waals surface area contributed by atoms with Crippen LogP contribution in [0, 0.1) is 0 Å². The van der Waals surface area contributed by atoms with Gasteiger partial charge in [-0.05, 0) is 32.3 Å². The fourth-order valence-electron chi connectivity index (χ4n) is 1.75. The van der Waals surface area contributed by atoms with Gasteiger partial charge in [-0.3, -0.25) is 4.79 Å². The number of rotatable bonds is 4. The first-order chi connectivity index (χ1) is 7.75. The van der Waals surface area contributed by atoms with Gasteiger partial charge >= 0.3 is 0 Å². The molecule has 1 fully saturated rings. The molecule has 1 aromatic rings. The summed E-state index contributed by atoms with van der Waals surface area (Å²) < 4.78 is 11.0. The van der Waals surface area contributed by atoms with Gasteiger partial charge in [0.25, 0.3) is 0 Å². The minimum Gasteiger partial charge on any atom is -0.362 e. The van der Waals surface area contributed by atoms with Gasteiger partial charge in [-0.2, -0.15) is 0 Å². The second-order valence-electron chi connectivity index (χ2n) is 4.08. The van der Waals surface area contributed by atoms with E-state index in [2.05, 4.69) is 4.98 Å². The molecule has 4 nitrogen and oxygen atoms in total. The molecule has 0 bridgehead atoms. The Labute approximate surface area is 94.9 Å². The fraction of sp³-hybridized carbons (Fsp3) is 0.583. The number of carbonyl (C=O) groups is 1. The van der Waals surface area contributed by atoms with Crippen LogP contribution in [0.15, 0.2) is 12.3 Å². The van der Waals surface area contributed by atoms with Gasteiger partial charge in [0.1, 0.15) is 0 Å². The zero-order valence-electron chi connectivity index (χ0n) is 9.49. The van der Waals surface area contributed by atoms with E-state index in [1.807, 2.05) is 6.07 Å². The van der Waals surface area contributed by atoms with Crippen LogP contribution in [0.5, 0.6) is 0 Å². The molecule has 1 unspecified atom stereocenters. The highest BCUT2D eigenvalue weighted by molar-refractivity contribution is 5.94. The number of nitrogens with one attached hydrogen (secondary N) is 1. The minimum atomic E-state index is -0.0853. The zero-order chi connectivity index (χ0) is 11.4. The van der Waals surface area contributed by atoms with E-state index in [-0.39, 0.29) is 12.1 Å².